The van der Waals surface area contributed by atoms with Crippen LogP contribution in [0.3, 0.4) is 0 Å². The molecular weight excluding hydrogens is 352 g/mol. The molecule has 0 unspecified atom stereocenters. The van der Waals surface area contributed by atoms with Gasteiger partial charge in [0.05, 0.1) is 40.5 Å². The Hall–Kier alpha value is -3.85. The van der Waals surface area contributed by atoms with Gasteiger partial charge in [-0.25, -0.2) is 0 Å². The SMILES string of the molecule is CC(C)Oc1ccccc1NC(=O)c1cncc(Nc2ccccc2C#N)c1. The Kier molecular flexibility index (Phi) is 5.87. The van der Waals surface area contributed by atoms with Crippen LogP contribution in [0.2, 0.25) is 0 Å². The number of aromatic nitrogens is 1. The molecule has 2 N–H and O–H groups in total. The smallest absolute Gasteiger partial charge is 0.257 e. The highest BCUT2D eigenvalue weighted by Gasteiger charge is 2.12. The summed E-state index contributed by atoms with van der Waals surface area (Å²) in [6, 6.07) is 18.2. The van der Waals surface area contributed by atoms with E-state index in [1.807, 2.05) is 38.1 Å². The fraction of sp³-hybridized carbons (Fsp3) is 0.136. The molecule has 0 bridgehead atoms. The van der Waals surface area contributed by atoms with E-state index in [1.54, 1.807) is 36.5 Å². The van der Waals surface area contributed by atoms with Gasteiger partial charge in [0.25, 0.3) is 5.91 Å². The van der Waals surface area contributed by atoms with Gasteiger partial charge in [0.2, 0.25) is 0 Å². The highest BCUT2D eigenvalue weighted by Crippen LogP contribution is 2.26. The lowest BCUT2D eigenvalue weighted by molar-refractivity contribution is 0.102. The van der Waals surface area contributed by atoms with Crippen LogP contribution >= 0.6 is 0 Å². The van der Waals surface area contributed by atoms with Crippen LogP contribution in [0.4, 0.5) is 17.1 Å². The van der Waals surface area contributed by atoms with Crippen LogP contribution < -0.4 is 15.4 Å². The second kappa shape index (κ2) is 8.69. The molecule has 1 aromatic heterocycles. The van der Waals surface area contributed by atoms with Crippen molar-refractivity contribution in [3.63, 3.8) is 0 Å². The Morgan fingerprint density at radius 3 is 2.54 bits per heavy atom. The van der Waals surface area contributed by atoms with E-state index in [2.05, 4.69) is 21.7 Å². The maximum absolute atomic E-state index is 12.7. The van der Waals surface area contributed by atoms with Gasteiger partial charge in [-0.15, -0.1) is 0 Å². The van der Waals surface area contributed by atoms with Crippen molar-refractivity contribution in [3.05, 3.63) is 78.1 Å². The summed E-state index contributed by atoms with van der Waals surface area (Å²) in [7, 11) is 0. The lowest BCUT2D eigenvalue weighted by Crippen LogP contribution is -2.15. The molecule has 1 heterocycles. The molecule has 6 heteroatoms. The molecule has 0 saturated carbocycles. The fourth-order valence-electron chi connectivity index (χ4n) is 2.60. The van der Waals surface area contributed by atoms with E-state index in [-0.39, 0.29) is 12.0 Å². The van der Waals surface area contributed by atoms with Crippen molar-refractivity contribution in [1.82, 2.24) is 4.98 Å². The number of benzene rings is 2. The monoisotopic (exact) mass is 372 g/mol. The van der Waals surface area contributed by atoms with Crippen molar-refractivity contribution in [1.29, 1.82) is 5.26 Å². The minimum atomic E-state index is -0.301. The van der Waals surface area contributed by atoms with E-state index >= 15 is 0 Å². The Balaban J connectivity index is 1.79. The third kappa shape index (κ3) is 4.65. The van der Waals surface area contributed by atoms with E-state index < -0.39 is 0 Å². The molecule has 140 valence electrons. The van der Waals surface area contributed by atoms with Crippen LogP contribution in [0.1, 0.15) is 29.8 Å². The van der Waals surface area contributed by atoms with E-state index in [9.17, 15) is 10.1 Å². The van der Waals surface area contributed by atoms with E-state index in [0.717, 1.165) is 0 Å². The van der Waals surface area contributed by atoms with Crippen molar-refractivity contribution in [2.75, 3.05) is 10.6 Å². The first-order valence-corrected chi connectivity index (χ1v) is 8.85. The number of para-hydroxylation sites is 3. The molecule has 0 spiro atoms. The second-order valence-electron chi connectivity index (χ2n) is 6.36. The van der Waals surface area contributed by atoms with Crippen molar-refractivity contribution >= 4 is 23.0 Å². The molecule has 0 fully saturated rings. The maximum Gasteiger partial charge on any atom is 0.257 e. The number of anilines is 3. The number of nitriles is 1. The molecule has 28 heavy (non-hydrogen) atoms. The molecule has 0 aliphatic carbocycles. The molecule has 3 rings (SSSR count). The lowest BCUT2D eigenvalue weighted by atomic mass is 10.2. The van der Waals surface area contributed by atoms with Crippen LogP contribution in [-0.2, 0) is 0 Å². The summed E-state index contributed by atoms with van der Waals surface area (Å²) in [5.74, 6) is 0.306. The number of hydrogen-bond donors (Lipinski definition) is 2. The average Bonchev–Trinajstić information content (AvgIpc) is 2.70. The zero-order valence-electron chi connectivity index (χ0n) is 15.6. The molecule has 0 saturated heterocycles. The summed E-state index contributed by atoms with van der Waals surface area (Å²) in [6.07, 6.45) is 3.08. The molecular formula is C22H20N4O2. The number of carbonyl (C=O) groups excluding carboxylic acids is 1. The summed E-state index contributed by atoms with van der Waals surface area (Å²) < 4.78 is 5.74. The number of carbonyl (C=O) groups is 1. The Morgan fingerprint density at radius 2 is 1.79 bits per heavy atom. The largest absolute Gasteiger partial charge is 0.489 e. The van der Waals surface area contributed by atoms with Crippen LogP contribution in [0, 0.1) is 11.3 Å². The first-order valence-electron chi connectivity index (χ1n) is 8.85. The summed E-state index contributed by atoms with van der Waals surface area (Å²) in [6.45, 7) is 3.85. The van der Waals surface area contributed by atoms with Gasteiger partial charge in [-0.05, 0) is 44.2 Å². The van der Waals surface area contributed by atoms with Crippen LogP contribution in [0.5, 0.6) is 5.75 Å². The number of rotatable bonds is 6. The van der Waals surface area contributed by atoms with Gasteiger partial charge in [-0.2, -0.15) is 5.26 Å². The van der Waals surface area contributed by atoms with E-state index in [4.69, 9.17) is 4.74 Å². The molecule has 0 aliphatic heterocycles. The highest BCUT2D eigenvalue weighted by molar-refractivity contribution is 6.05. The van der Waals surface area contributed by atoms with Crippen molar-refractivity contribution in [2.24, 2.45) is 0 Å². The maximum atomic E-state index is 12.7. The van der Waals surface area contributed by atoms with E-state index in [1.165, 1.54) is 6.20 Å². The summed E-state index contributed by atoms with van der Waals surface area (Å²) >= 11 is 0. The summed E-state index contributed by atoms with van der Waals surface area (Å²) in [5, 5.41) is 15.2. The Morgan fingerprint density at radius 1 is 1.07 bits per heavy atom. The zero-order valence-corrected chi connectivity index (χ0v) is 15.6. The van der Waals surface area contributed by atoms with Gasteiger partial charge in [0.15, 0.2) is 0 Å². The highest BCUT2D eigenvalue weighted by atomic mass is 16.5. The second-order valence-corrected chi connectivity index (χ2v) is 6.36. The van der Waals surface area contributed by atoms with Crippen molar-refractivity contribution in [2.45, 2.75) is 20.0 Å². The third-order valence-corrected chi connectivity index (χ3v) is 3.82. The van der Waals surface area contributed by atoms with Crippen LogP contribution in [0.25, 0.3) is 0 Å². The Bertz CT molecular complexity index is 1020. The molecule has 6 nitrogen and oxygen atoms in total. The minimum absolute atomic E-state index is 0.00699. The molecule has 0 atom stereocenters. The molecule has 0 aliphatic rings. The fourth-order valence-corrected chi connectivity index (χ4v) is 2.60. The number of hydrogen-bond acceptors (Lipinski definition) is 5. The predicted molar refractivity (Wildman–Crippen MR) is 109 cm³/mol. The van der Waals surface area contributed by atoms with Gasteiger partial charge in [0.1, 0.15) is 11.8 Å². The third-order valence-electron chi connectivity index (χ3n) is 3.82. The quantitative estimate of drug-likeness (QED) is 0.653. The van der Waals surface area contributed by atoms with Gasteiger partial charge < -0.3 is 15.4 Å². The van der Waals surface area contributed by atoms with Crippen molar-refractivity contribution in [3.8, 4) is 11.8 Å². The topological polar surface area (TPSA) is 87.0 Å². The average molecular weight is 372 g/mol. The minimum Gasteiger partial charge on any atom is -0.489 e. The normalized spacial score (nSPS) is 10.2. The van der Waals surface area contributed by atoms with Crippen LogP contribution in [0.15, 0.2) is 67.0 Å². The first kappa shape index (κ1) is 18.9. The van der Waals surface area contributed by atoms with Gasteiger partial charge in [-0.3, -0.25) is 9.78 Å². The number of nitrogens with one attached hydrogen (secondary N) is 2. The molecule has 0 radical (unpaired) electrons. The predicted octanol–water partition coefficient (Wildman–Crippen LogP) is 4.74. The van der Waals surface area contributed by atoms with Gasteiger partial charge in [0, 0.05) is 6.20 Å². The van der Waals surface area contributed by atoms with Crippen molar-refractivity contribution < 1.29 is 9.53 Å². The van der Waals surface area contributed by atoms with E-state index in [0.29, 0.717) is 33.9 Å². The van der Waals surface area contributed by atoms with Crippen LogP contribution in [-0.4, -0.2) is 17.0 Å². The molecule has 3 aromatic rings. The van der Waals surface area contributed by atoms with Gasteiger partial charge in [-0.1, -0.05) is 24.3 Å². The summed E-state index contributed by atoms with van der Waals surface area (Å²) in [5.41, 5.74) is 2.76. The lowest BCUT2D eigenvalue weighted by Gasteiger charge is -2.15. The summed E-state index contributed by atoms with van der Waals surface area (Å²) in [4.78, 5) is 16.8. The zero-order chi connectivity index (χ0) is 19.9. The molecule has 1 amide bonds. The first-order chi connectivity index (χ1) is 13.6. The van der Waals surface area contributed by atoms with Gasteiger partial charge >= 0.3 is 0 Å². The number of ether oxygens (including phenoxy) is 1. The Labute approximate surface area is 163 Å². The number of nitrogens with zero attached hydrogens (tertiary/aromatic N) is 2. The molecule has 2 aromatic carbocycles. The standard InChI is InChI=1S/C22H20N4O2/c1-15(2)28-21-10-6-5-9-20(21)26-22(27)17-11-18(14-24-13-17)25-19-8-4-3-7-16(19)12-23/h3-11,13-15,25H,1-2H3,(H,26,27). The number of amides is 1. The number of pyridine rings is 1.